The number of halogens is 2. The van der Waals surface area contributed by atoms with Gasteiger partial charge in [0, 0.05) is 24.2 Å². The maximum Gasteiger partial charge on any atom is 0.333 e. The molecule has 37 heavy (non-hydrogen) atoms. The third-order valence-corrected chi connectivity index (χ3v) is 6.88. The number of carbonyl (C=O) groups is 2. The van der Waals surface area contributed by atoms with E-state index in [2.05, 4.69) is 25.7 Å². The van der Waals surface area contributed by atoms with E-state index >= 15 is 0 Å². The molecule has 0 unspecified atom stereocenters. The van der Waals surface area contributed by atoms with Crippen LogP contribution in [0.2, 0.25) is 0 Å². The van der Waals surface area contributed by atoms with Crippen LogP contribution in [-0.2, 0) is 0 Å². The fourth-order valence-electron chi connectivity index (χ4n) is 4.67. The van der Waals surface area contributed by atoms with E-state index in [1.807, 2.05) is 36.1 Å². The summed E-state index contributed by atoms with van der Waals surface area (Å²) in [6.07, 6.45) is 7.76. The maximum absolute atomic E-state index is 12.9. The Kier molecular flexibility index (Phi) is 6.72. The number of amides is 2. The van der Waals surface area contributed by atoms with Gasteiger partial charge in [-0.15, -0.1) is 0 Å². The van der Waals surface area contributed by atoms with Crippen molar-refractivity contribution in [3.8, 4) is 0 Å². The standard InChI is InChI=1S/C25H28F2N8O2/c1-14-19(32-24(37)17-8-6-16(7-9-17)15-4-5-15)3-2-10-34(14)20-12-29-21(22(28)36)23(33-20)31-18-11-30-35(13-18)25(26)27/h6-9,11-15,19,25H,2-5,10H2,1H3,(H2,28,36)(H,31,33)(H,32,37)/t14-,19-/m1/s1. The molecule has 1 saturated heterocycles. The smallest absolute Gasteiger partial charge is 0.333 e. The molecule has 2 aromatic heterocycles. The Hall–Kier alpha value is -4.09. The molecule has 2 aliphatic rings. The van der Waals surface area contributed by atoms with E-state index in [-0.39, 0.29) is 35.2 Å². The number of hydrogen-bond acceptors (Lipinski definition) is 7. The molecule has 5 rings (SSSR count). The number of piperidine rings is 1. The first-order valence-electron chi connectivity index (χ1n) is 12.2. The van der Waals surface area contributed by atoms with Gasteiger partial charge in [0.25, 0.3) is 11.8 Å². The highest BCUT2D eigenvalue weighted by atomic mass is 19.3. The van der Waals surface area contributed by atoms with Crippen molar-refractivity contribution in [2.75, 3.05) is 16.8 Å². The zero-order valence-electron chi connectivity index (χ0n) is 20.3. The molecule has 1 aromatic carbocycles. The van der Waals surface area contributed by atoms with Gasteiger partial charge in [-0.2, -0.15) is 13.9 Å². The molecule has 0 spiro atoms. The first kappa shape index (κ1) is 24.6. The highest BCUT2D eigenvalue weighted by Gasteiger charge is 2.31. The summed E-state index contributed by atoms with van der Waals surface area (Å²) in [6.45, 7) is -0.151. The molecule has 3 heterocycles. The molecule has 0 radical (unpaired) electrons. The van der Waals surface area contributed by atoms with Crippen LogP contribution in [-0.4, -0.2) is 50.2 Å². The van der Waals surface area contributed by atoms with Crippen molar-refractivity contribution >= 4 is 29.1 Å². The number of nitrogens with two attached hydrogens (primary N) is 1. The van der Waals surface area contributed by atoms with E-state index in [9.17, 15) is 18.4 Å². The van der Waals surface area contributed by atoms with E-state index in [1.54, 1.807) is 0 Å². The minimum Gasteiger partial charge on any atom is -0.364 e. The van der Waals surface area contributed by atoms with Crippen molar-refractivity contribution in [1.82, 2.24) is 25.1 Å². The maximum atomic E-state index is 12.9. The van der Waals surface area contributed by atoms with Crippen molar-refractivity contribution in [2.24, 2.45) is 5.73 Å². The molecule has 1 saturated carbocycles. The zero-order chi connectivity index (χ0) is 26.1. The summed E-state index contributed by atoms with van der Waals surface area (Å²) in [7, 11) is 0. The summed E-state index contributed by atoms with van der Waals surface area (Å²) in [5.74, 6) is 0.190. The number of hydrogen-bond donors (Lipinski definition) is 3. The number of rotatable bonds is 8. The number of carbonyl (C=O) groups excluding carboxylic acids is 2. The van der Waals surface area contributed by atoms with Gasteiger partial charge in [-0.3, -0.25) is 9.59 Å². The summed E-state index contributed by atoms with van der Waals surface area (Å²) in [5, 5.41) is 9.54. The van der Waals surface area contributed by atoms with E-state index in [1.165, 1.54) is 30.8 Å². The molecule has 10 nitrogen and oxygen atoms in total. The number of anilines is 3. The first-order chi connectivity index (χ1) is 17.8. The van der Waals surface area contributed by atoms with Crippen LogP contribution in [0.25, 0.3) is 0 Å². The summed E-state index contributed by atoms with van der Waals surface area (Å²) < 4.78 is 26.3. The number of alkyl halides is 2. The lowest BCUT2D eigenvalue weighted by atomic mass is 9.97. The molecule has 4 N–H and O–H groups in total. The second-order valence-corrected chi connectivity index (χ2v) is 9.45. The van der Waals surface area contributed by atoms with Crippen LogP contribution in [0, 0.1) is 0 Å². The SMILES string of the molecule is C[C@@H]1[C@H](NC(=O)c2ccc(C3CC3)cc2)CCCN1c1cnc(C(N)=O)c(Nc2cnn(C(F)F)c2)n1. The van der Waals surface area contributed by atoms with Crippen LogP contribution in [0.15, 0.2) is 42.9 Å². The molecular weight excluding hydrogens is 482 g/mol. The lowest BCUT2D eigenvalue weighted by Crippen LogP contribution is -2.54. The van der Waals surface area contributed by atoms with Crippen LogP contribution in [0.4, 0.5) is 26.1 Å². The number of benzene rings is 1. The van der Waals surface area contributed by atoms with Crippen LogP contribution < -0.4 is 21.3 Å². The molecule has 2 amide bonds. The van der Waals surface area contributed by atoms with Gasteiger partial charge >= 0.3 is 6.55 Å². The minimum atomic E-state index is -2.80. The van der Waals surface area contributed by atoms with E-state index in [0.717, 1.165) is 19.0 Å². The average molecular weight is 511 g/mol. The molecule has 1 aliphatic heterocycles. The average Bonchev–Trinajstić information content (AvgIpc) is 3.63. The van der Waals surface area contributed by atoms with Gasteiger partial charge in [-0.25, -0.2) is 14.6 Å². The molecule has 0 bridgehead atoms. The van der Waals surface area contributed by atoms with Crippen molar-refractivity contribution in [2.45, 2.75) is 57.2 Å². The number of nitrogens with one attached hydrogen (secondary N) is 2. The summed E-state index contributed by atoms with van der Waals surface area (Å²) in [5.41, 5.74) is 7.43. The molecule has 3 aromatic rings. The molecule has 2 atom stereocenters. The van der Waals surface area contributed by atoms with Gasteiger partial charge in [-0.05, 0) is 56.2 Å². The van der Waals surface area contributed by atoms with Crippen LogP contribution in [0.3, 0.4) is 0 Å². The van der Waals surface area contributed by atoms with Crippen LogP contribution in [0.5, 0.6) is 0 Å². The highest BCUT2D eigenvalue weighted by molar-refractivity contribution is 5.96. The summed E-state index contributed by atoms with van der Waals surface area (Å²) >= 11 is 0. The quantitative estimate of drug-likeness (QED) is 0.422. The second-order valence-electron chi connectivity index (χ2n) is 9.45. The number of nitrogens with zero attached hydrogens (tertiary/aromatic N) is 5. The third-order valence-electron chi connectivity index (χ3n) is 6.88. The van der Waals surface area contributed by atoms with Gasteiger partial charge in [-0.1, -0.05) is 12.1 Å². The van der Waals surface area contributed by atoms with Gasteiger partial charge < -0.3 is 21.3 Å². The fourth-order valence-corrected chi connectivity index (χ4v) is 4.67. The predicted molar refractivity (Wildman–Crippen MR) is 133 cm³/mol. The predicted octanol–water partition coefficient (Wildman–Crippen LogP) is 3.58. The van der Waals surface area contributed by atoms with Crippen LogP contribution in [0.1, 0.15) is 71.5 Å². The number of primary amides is 1. The van der Waals surface area contributed by atoms with Gasteiger partial charge in [0.15, 0.2) is 11.5 Å². The largest absolute Gasteiger partial charge is 0.364 e. The lowest BCUT2D eigenvalue weighted by Gasteiger charge is -2.40. The van der Waals surface area contributed by atoms with Crippen LogP contribution >= 0.6 is 0 Å². The number of aromatic nitrogens is 4. The Bertz CT molecular complexity index is 1290. The summed E-state index contributed by atoms with van der Waals surface area (Å²) in [6, 6.07) is 7.54. The van der Waals surface area contributed by atoms with E-state index < -0.39 is 12.5 Å². The van der Waals surface area contributed by atoms with Gasteiger partial charge in [0.1, 0.15) is 5.82 Å². The first-order valence-corrected chi connectivity index (χ1v) is 12.2. The third kappa shape index (κ3) is 5.37. The molecule has 2 fully saturated rings. The monoisotopic (exact) mass is 510 g/mol. The Balaban J connectivity index is 1.32. The lowest BCUT2D eigenvalue weighted by molar-refractivity contribution is 0.0566. The molecule has 12 heteroatoms. The Morgan fingerprint density at radius 2 is 1.89 bits per heavy atom. The highest BCUT2D eigenvalue weighted by Crippen LogP contribution is 2.39. The minimum absolute atomic E-state index is 0.0351. The van der Waals surface area contributed by atoms with Crippen molar-refractivity contribution < 1.29 is 18.4 Å². The summed E-state index contributed by atoms with van der Waals surface area (Å²) in [4.78, 5) is 35.6. The molecule has 1 aliphatic carbocycles. The Labute approximate surface area is 212 Å². The van der Waals surface area contributed by atoms with E-state index in [4.69, 9.17) is 5.73 Å². The van der Waals surface area contributed by atoms with Gasteiger partial charge in [0.05, 0.1) is 24.3 Å². The Morgan fingerprint density at radius 1 is 1.14 bits per heavy atom. The molecule has 194 valence electrons. The topological polar surface area (TPSA) is 131 Å². The Morgan fingerprint density at radius 3 is 2.54 bits per heavy atom. The second kappa shape index (κ2) is 10.1. The van der Waals surface area contributed by atoms with Crippen molar-refractivity contribution in [3.05, 3.63) is 59.7 Å². The van der Waals surface area contributed by atoms with Crippen molar-refractivity contribution in [1.29, 1.82) is 0 Å². The zero-order valence-corrected chi connectivity index (χ0v) is 20.3. The van der Waals surface area contributed by atoms with Gasteiger partial charge in [0.2, 0.25) is 0 Å². The van der Waals surface area contributed by atoms with Crippen molar-refractivity contribution in [3.63, 3.8) is 0 Å². The van der Waals surface area contributed by atoms with E-state index in [0.29, 0.717) is 28.5 Å². The fraction of sp³-hybridized carbons (Fsp3) is 0.400. The normalized spacial score (nSPS) is 19.6. The molecular formula is C25H28F2N8O2.